The van der Waals surface area contributed by atoms with Crippen LogP contribution in [0.25, 0.3) is 0 Å². The second-order valence-electron chi connectivity index (χ2n) is 7.66. The highest BCUT2D eigenvalue weighted by molar-refractivity contribution is 7.89. The number of aliphatic carboxylic acids is 1. The van der Waals surface area contributed by atoms with E-state index in [9.17, 15) is 26.4 Å². The van der Waals surface area contributed by atoms with Gasteiger partial charge >= 0.3 is 12.1 Å². The van der Waals surface area contributed by atoms with Crippen molar-refractivity contribution in [2.24, 2.45) is 0 Å². The SMILES string of the molecule is Cc1ccc(S(=O)(=O)N(CCC(=O)N2CCNCC2)C(C)C)c(C)c1.O=C(O)C(F)(F)F. The van der Waals surface area contributed by atoms with Gasteiger partial charge in [-0.05, 0) is 39.3 Å². The molecular formula is C20H30F3N3O5S. The van der Waals surface area contributed by atoms with Crippen LogP contribution in [0.5, 0.6) is 0 Å². The number of sulfonamides is 1. The number of carbonyl (C=O) groups excluding carboxylic acids is 1. The number of aryl methyl sites for hydroxylation is 2. The molecule has 0 unspecified atom stereocenters. The van der Waals surface area contributed by atoms with Crippen LogP contribution < -0.4 is 5.32 Å². The smallest absolute Gasteiger partial charge is 0.475 e. The molecule has 1 amide bonds. The zero-order valence-corrected chi connectivity index (χ0v) is 19.4. The van der Waals surface area contributed by atoms with E-state index in [2.05, 4.69) is 5.32 Å². The fourth-order valence-electron chi connectivity index (χ4n) is 3.15. The highest BCUT2D eigenvalue weighted by Gasteiger charge is 2.38. The molecule has 0 radical (unpaired) electrons. The van der Waals surface area contributed by atoms with E-state index in [0.29, 0.717) is 18.0 Å². The number of nitrogens with zero attached hydrogens (tertiary/aromatic N) is 2. The normalized spacial score (nSPS) is 14.8. The molecule has 1 saturated heterocycles. The first kappa shape index (κ1) is 27.9. The molecule has 182 valence electrons. The van der Waals surface area contributed by atoms with Gasteiger partial charge in [-0.15, -0.1) is 0 Å². The van der Waals surface area contributed by atoms with Gasteiger partial charge in [0.15, 0.2) is 0 Å². The van der Waals surface area contributed by atoms with Crippen LogP contribution in [0.15, 0.2) is 23.1 Å². The molecule has 0 saturated carbocycles. The van der Waals surface area contributed by atoms with Gasteiger partial charge < -0.3 is 15.3 Å². The molecule has 0 aromatic heterocycles. The van der Waals surface area contributed by atoms with Crippen molar-refractivity contribution in [1.82, 2.24) is 14.5 Å². The van der Waals surface area contributed by atoms with E-state index < -0.39 is 22.2 Å². The van der Waals surface area contributed by atoms with E-state index in [0.717, 1.165) is 24.2 Å². The quantitative estimate of drug-likeness (QED) is 0.645. The van der Waals surface area contributed by atoms with E-state index >= 15 is 0 Å². The summed E-state index contributed by atoms with van der Waals surface area (Å²) in [6.07, 6.45) is -4.87. The van der Waals surface area contributed by atoms with Crippen LogP contribution in [0.4, 0.5) is 13.2 Å². The highest BCUT2D eigenvalue weighted by Crippen LogP contribution is 2.23. The van der Waals surface area contributed by atoms with Gasteiger partial charge in [-0.2, -0.15) is 17.5 Å². The van der Waals surface area contributed by atoms with E-state index in [1.54, 1.807) is 11.0 Å². The van der Waals surface area contributed by atoms with Crippen LogP contribution in [0.1, 0.15) is 31.4 Å². The van der Waals surface area contributed by atoms with Gasteiger partial charge in [-0.25, -0.2) is 13.2 Å². The number of hydrogen-bond donors (Lipinski definition) is 2. The van der Waals surface area contributed by atoms with Crippen LogP contribution in [-0.4, -0.2) is 79.5 Å². The van der Waals surface area contributed by atoms with Crippen molar-refractivity contribution >= 4 is 21.9 Å². The average Bonchev–Trinajstić information content (AvgIpc) is 2.67. The molecule has 0 spiro atoms. The number of amides is 1. The fraction of sp³-hybridized carbons (Fsp3) is 0.600. The zero-order chi connectivity index (χ0) is 24.7. The van der Waals surface area contributed by atoms with Gasteiger partial charge in [0.25, 0.3) is 0 Å². The molecule has 0 bridgehead atoms. The van der Waals surface area contributed by atoms with E-state index in [1.807, 2.05) is 39.8 Å². The predicted octanol–water partition coefficient (Wildman–Crippen LogP) is 2.16. The molecule has 2 N–H and O–H groups in total. The highest BCUT2D eigenvalue weighted by atomic mass is 32.2. The minimum absolute atomic E-state index is 0.0166. The van der Waals surface area contributed by atoms with E-state index in [4.69, 9.17) is 9.90 Å². The van der Waals surface area contributed by atoms with Crippen molar-refractivity contribution in [2.75, 3.05) is 32.7 Å². The molecule has 1 aliphatic rings. The number of piperazine rings is 1. The Labute approximate surface area is 186 Å². The molecule has 0 aliphatic carbocycles. The number of benzene rings is 1. The number of halogens is 3. The third-order valence-electron chi connectivity index (χ3n) is 4.75. The summed E-state index contributed by atoms with van der Waals surface area (Å²) in [4.78, 5) is 23.4. The summed E-state index contributed by atoms with van der Waals surface area (Å²) in [5.74, 6) is -2.74. The Morgan fingerprint density at radius 1 is 1.19 bits per heavy atom. The van der Waals surface area contributed by atoms with Crippen molar-refractivity contribution in [2.45, 2.75) is 51.2 Å². The third kappa shape index (κ3) is 8.06. The van der Waals surface area contributed by atoms with Crippen molar-refractivity contribution in [3.05, 3.63) is 29.3 Å². The number of alkyl halides is 3. The Kier molecular flexibility index (Phi) is 10.1. The predicted molar refractivity (Wildman–Crippen MR) is 113 cm³/mol. The maximum Gasteiger partial charge on any atom is 0.490 e. The topological polar surface area (TPSA) is 107 Å². The van der Waals surface area contributed by atoms with E-state index in [-0.39, 0.29) is 24.9 Å². The van der Waals surface area contributed by atoms with Crippen molar-refractivity contribution in [3.8, 4) is 0 Å². The van der Waals surface area contributed by atoms with Crippen molar-refractivity contribution in [1.29, 1.82) is 0 Å². The Bertz CT molecular complexity index is 898. The molecule has 1 aromatic rings. The fourth-order valence-corrected chi connectivity index (χ4v) is 4.99. The molecule has 0 atom stereocenters. The second-order valence-corrected chi connectivity index (χ2v) is 9.52. The summed E-state index contributed by atoms with van der Waals surface area (Å²) >= 11 is 0. The zero-order valence-electron chi connectivity index (χ0n) is 18.6. The van der Waals surface area contributed by atoms with Crippen LogP contribution in [-0.2, 0) is 19.6 Å². The standard InChI is InChI=1S/C18H29N3O3S.C2HF3O2/c1-14(2)21(10-7-18(22)20-11-8-19-9-12-20)25(23,24)17-6-5-15(3)13-16(17)4;3-2(4,5)1(6)7/h5-6,13-14,19H,7-12H2,1-4H3;(H,6,7). The number of nitrogens with one attached hydrogen (secondary N) is 1. The van der Waals surface area contributed by atoms with Gasteiger partial charge in [0.2, 0.25) is 15.9 Å². The maximum atomic E-state index is 13.1. The molecule has 1 aliphatic heterocycles. The molecular weight excluding hydrogens is 451 g/mol. The first-order chi connectivity index (χ1) is 14.7. The lowest BCUT2D eigenvalue weighted by Crippen LogP contribution is -2.47. The number of carboxylic acid groups (broad SMARTS) is 1. The van der Waals surface area contributed by atoms with Crippen molar-refractivity contribution < 1.29 is 36.3 Å². The molecule has 1 heterocycles. The van der Waals surface area contributed by atoms with E-state index in [1.165, 1.54) is 4.31 Å². The number of carbonyl (C=O) groups is 2. The van der Waals surface area contributed by atoms with Crippen LogP contribution in [0, 0.1) is 13.8 Å². The molecule has 8 nitrogen and oxygen atoms in total. The Morgan fingerprint density at radius 3 is 2.16 bits per heavy atom. The lowest BCUT2D eigenvalue weighted by atomic mass is 10.2. The van der Waals surface area contributed by atoms with Gasteiger partial charge in [0, 0.05) is 45.2 Å². The summed E-state index contributed by atoms with van der Waals surface area (Å²) in [7, 11) is -3.62. The summed E-state index contributed by atoms with van der Waals surface area (Å²) in [5.41, 5.74) is 1.76. The largest absolute Gasteiger partial charge is 0.490 e. The van der Waals surface area contributed by atoms with Crippen LogP contribution in [0.2, 0.25) is 0 Å². The summed E-state index contributed by atoms with van der Waals surface area (Å²) in [6, 6.07) is 5.14. The lowest BCUT2D eigenvalue weighted by Gasteiger charge is -2.30. The lowest BCUT2D eigenvalue weighted by molar-refractivity contribution is -0.192. The number of carboxylic acids is 1. The minimum atomic E-state index is -5.08. The van der Waals surface area contributed by atoms with Crippen molar-refractivity contribution in [3.63, 3.8) is 0 Å². The Morgan fingerprint density at radius 2 is 1.72 bits per heavy atom. The maximum absolute atomic E-state index is 13.1. The van der Waals surface area contributed by atoms with Crippen LogP contribution >= 0.6 is 0 Å². The van der Waals surface area contributed by atoms with Gasteiger partial charge in [0.05, 0.1) is 4.90 Å². The minimum Gasteiger partial charge on any atom is -0.475 e. The second kappa shape index (κ2) is 11.6. The number of rotatable bonds is 6. The molecule has 1 fully saturated rings. The van der Waals surface area contributed by atoms with Gasteiger partial charge in [0.1, 0.15) is 0 Å². The number of hydrogen-bond acceptors (Lipinski definition) is 5. The summed E-state index contributed by atoms with van der Waals surface area (Å²) in [6.45, 7) is 10.6. The average molecular weight is 482 g/mol. The summed E-state index contributed by atoms with van der Waals surface area (Å²) in [5, 5.41) is 10.3. The Balaban J connectivity index is 0.000000633. The molecule has 1 aromatic carbocycles. The monoisotopic (exact) mass is 481 g/mol. The Hall–Kier alpha value is -2.18. The first-order valence-electron chi connectivity index (χ1n) is 10.1. The van der Waals surface area contributed by atoms with Gasteiger partial charge in [-0.1, -0.05) is 17.7 Å². The van der Waals surface area contributed by atoms with Gasteiger partial charge in [-0.3, -0.25) is 4.79 Å². The first-order valence-corrected chi connectivity index (χ1v) is 11.5. The third-order valence-corrected chi connectivity index (χ3v) is 6.99. The molecule has 32 heavy (non-hydrogen) atoms. The molecule has 2 rings (SSSR count). The molecule has 12 heteroatoms. The van der Waals surface area contributed by atoms with Crippen LogP contribution in [0.3, 0.4) is 0 Å². The summed E-state index contributed by atoms with van der Waals surface area (Å²) < 4.78 is 59.3.